The Morgan fingerprint density at radius 3 is 2.67 bits per heavy atom. The molecule has 5 rings (SSSR count). The van der Waals surface area contributed by atoms with Crippen LogP contribution in [0, 0.1) is 39.4 Å². The lowest BCUT2D eigenvalue weighted by molar-refractivity contribution is -0.257. The minimum absolute atomic E-state index is 0.00602. The van der Waals surface area contributed by atoms with Crippen LogP contribution in [0.2, 0.25) is 0 Å². The molecule has 246 valence electrons. The summed E-state index contributed by atoms with van der Waals surface area (Å²) in [6.07, 6.45) is 4.36. The van der Waals surface area contributed by atoms with E-state index in [0.717, 1.165) is 29.7 Å². The van der Waals surface area contributed by atoms with E-state index >= 15 is 0 Å². The highest BCUT2D eigenvalue weighted by Crippen LogP contribution is 2.82. The zero-order valence-corrected chi connectivity index (χ0v) is 27.8. The van der Waals surface area contributed by atoms with E-state index in [-0.39, 0.29) is 65.6 Å². The van der Waals surface area contributed by atoms with Crippen LogP contribution >= 0.6 is 11.8 Å². The number of benzene rings is 1. The van der Waals surface area contributed by atoms with Crippen molar-refractivity contribution in [2.24, 2.45) is 50.9 Å². The zero-order chi connectivity index (χ0) is 32.9. The first-order valence-electron chi connectivity index (χ1n) is 16.2. The maximum absolute atomic E-state index is 13.5. The Hall–Kier alpha value is -2.69. The summed E-state index contributed by atoms with van der Waals surface area (Å²) in [6, 6.07) is 6.72. The van der Waals surface area contributed by atoms with Crippen LogP contribution in [0.15, 0.2) is 41.8 Å². The second-order valence-electron chi connectivity index (χ2n) is 14.8. The molecule has 10 heteroatoms. The molecule has 4 fully saturated rings. The van der Waals surface area contributed by atoms with Crippen molar-refractivity contribution in [3.8, 4) is 0 Å². The van der Waals surface area contributed by atoms with E-state index in [0.29, 0.717) is 18.6 Å². The summed E-state index contributed by atoms with van der Waals surface area (Å²) in [4.78, 5) is 51.2. The summed E-state index contributed by atoms with van der Waals surface area (Å²) in [5.74, 6) is -0.485. The van der Waals surface area contributed by atoms with Gasteiger partial charge < -0.3 is 26.6 Å². The topological polar surface area (TPSA) is 162 Å². The van der Waals surface area contributed by atoms with Crippen LogP contribution in [0.25, 0.3) is 0 Å². The number of aliphatic hydroxyl groups is 1. The number of nitrogens with two attached hydrogens (primary N) is 2. The predicted octanol–water partition coefficient (Wildman–Crippen LogP) is 3.89. The van der Waals surface area contributed by atoms with Gasteiger partial charge in [0.25, 0.3) is 0 Å². The smallest absolute Gasteiger partial charge is 0.316 e. The Balaban J connectivity index is 1.29. The minimum atomic E-state index is -0.822. The van der Waals surface area contributed by atoms with Crippen molar-refractivity contribution in [3.05, 3.63) is 42.5 Å². The van der Waals surface area contributed by atoms with Crippen LogP contribution in [0.1, 0.15) is 78.2 Å². The molecule has 4 aliphatic rings. The number of carbonyl (C=O) groups is 4. The summed E-state index contributed by atoms with van der Waals surface area (Å²) >= 11 is 1.36. The van der Waals surface area contributed by atoms with Gasteiger partial charge in [0.15, 0.2) is 0 Å². The van der Waals surface area contributed by atoms with Gasteiger partial charge >= 0.3 is 5.97 Å². The van der Waals surface area contributed by atoms with Gasteiger partial charge in [0.2, 0.25) is 11.8 Å². The molecular weight excluding hydrogens is 590 g/mol. The van der Waals surface area contributed by atoms with Crippen molar-refractivity contribution in [2.45, 2.75) is 102 Å². The molecule has 0 saturated heterocycles. The van der Waals surface area contributed by atoms with E-state index in [4.69, 9.17) is 16.2 Å². The highest BCUT2D eigenvalue weighted by atomic mass is 32.2. The van der Waals surface area contributed by atoms with Crippen molar-refractivity contribution in [2.75, 3.05) is 5.75 Å². The van der Waals surface area contributed by atoms with Gasteiger partial charge in [-0.3, -0.25) is 19.2 Å². The monoisotopic (exact) mass is 639 g/mol. The Kier molecular flexibility index (Phi) is 9.09. The lowest BCUT2D eigenvalue weighted by Crippen LogP contribution is -2.71. The third-order valence-electron chi connectivity index (χ3n) is 12.4. The first-order valence-corrected chi connectivity index (χ1v) is 17.2. The summed E-state index contributed by atoms with van der Waals surface area (Å²) in [5, 5.41) is 14.6. The Labute approximate surface area is 270 Å². The number of amides is 2. The van der Waals surface area contributed by atoms with Gasteiger partial charge in [0, 0.05) is 40.5 Å². The number of primary amides is 1. The first-order chi connectivity index (χ1) is 21.1. The van der Waals surface area contributed by atoms with Gasteiger partial charge in [-0.25, -0.2) is 0 Å². The molecule has 0 heterocycles. The number of nitrogens with one attached hydrogen (secondary N) is 1. The van der Waals surface area contributed by atoms with Crippen LogP contribution in [-0.4, -0.2) is 52.7 Å². The van der Waals surface area contributed by atoms with E-state index < -0.39 is 35.0 Å². The molecule has 2 spiro atoms. The average molecular weight is 640 g/mol. The number of hydrogen-bond donors (Lipinski definition) is 4. The number of rotatable bonds is 11. The number of hydrogen-bond acceptors (Lipinski definition) is 8. The largest absolute Gasteiger partial charge is 0.461 e. The molecule has 9 nitrogen and oxygen atoms in total. The number of esters is 1. The molecule has 2 amide bonds. The zero-order valence-electron chi connectivity index (χ0n) is 27.0. The summed E-state index contributed by atoms with van der Waals surface area (Å²) in [6.45, 7) is 13.0. The molecule has 10 atom stereocenters. The number of ether oxygens (including phenoxy) is 1. The maximum atomic E-state index is 13.5. The van der Waals surface area contributed by atoms with Crippen molar-refractivity contribution in [3.63, 3.8) is 0 Å². The molecule has 6 N–H and O–H groups in total. The summed E-state index contributed by atoms with van der Waals surface area (Å²) in [5.41, 5.74) is 10.3. The highest BCUT2D eigenvalue weighted by Gasteiger charge is 2.81. The van der Waals surface area contributed by atoms with Crippen LogP contribution < -0.4 is 16.8 Å². The van der Waals surface area contributed by atoms with Crippen LogP contribution in [0.5, 0.6) is 0 Å². The minimum Gasteiger partial charge on any atom is -0.461 e. The van der Waals surface area contributed by atoms with E-state index in [1.54, 1.807) is 0 Å². The van der Waals surface area contributed by atoms with E-state index in [1.165, 1.54) is 11.8 Å². The average Bonchev–Trinajstić information content (AvgIpc) is 3.19. The van der Waals surface area contributed by atoms with Crippen molar-refractivity contribution >= 4 is 35.3 Å². The second-order valence-corrected chi connectivity index (χ2v) is 15.8. The van der Waals surface area contributed by atoms with Gasteiger partial charge in [-0.05, 0) is 73.0 Å². The molecule has 1 aromatic rings. The predicted molar refractivity (Wildman–Crippen MR) is 172 cm³/mol. The molecule has 0 aromatic heterocycles. The number of aliphatic hydroxyl groups excluding tert-OH is 1. The number of thioether (sulfide) groups is 1. The number of ketones is 1. The Morgan fingerprint density at radius 2 is 1.98 bits per heavy atom. The normalized spacial score (nSPS) is 39.0. The number of carbonyl (C=O) groups excluding carboxylic acids is 4. The fraction of sp³-hybridized carbons (Fsp3) is 0.657. The first kappa shape index (κ1) is 33.7. The third-order valence-corrected chi connectivity index (χ3v) is 13.3. The molecule has 2 bridgehead atoms. The Bertz CT molecular complexity index is 1390. The molecular formula is C35H49N3O6S. The third kappa shape index (κ3) is 5.54. The molecule has 4 saturated carbocycles. The second kappa shape index (κ2) is 12.2. The van der Waals surface area contributed by atoms with Crippen molar-refractivity contribution in [1.29, 1.82) is 0 Å². The van der Waals surface area contributed by atoms with Gasteiger partial charge in [-0.2, -0.15) is 0 Å². The summed E-state index contributed by atoms with van der Waals surface area (Å²) in [7, 11) is 0. The molecule has 1 aromatic carbocycles. The highest BCUT2D eigenvalue weighted by molar-refractivity contribution is 8.00. The summed E-state index contributed by atoms with van der Waals surface area (Å²) < 4.78 is 6.42. The van der Waals surface area contributed by atoms with Crippen molar-refractivity contribution in [1.82, 2.24) is 5.32 Å². The molecule has 0 aliphatic heterocycles. The van der Waals surface area contributed by atoms with Gasteiger partial charge in [-0.1, -0.05) is 45.9 Å². The molecule has 0 radical (unpaired) electrons. The molecule has 4 aliphatic carbocycles. The van der Waals surface area contributed by atoms with E-state index in [1.807, 2.05) is 37.3 Å². The van der Waals surface area contributed by atoms with Crippen LogP contribution in [0.4, 0.5) is 0 Å². The van der Waals surface area contributed by atoms with Crippen LogP contribution in [0.3, 0.4) is 0 Å². The number of Topliss-reactive ketones (excluding diaryl/α,β-unsaturated/α-hetero) is 1. The Morgan fingerprint density at radius 1 is 1.24 bits per heavy atom. The van der Waals surface area contributed by atoms with Gasteiger partial charge in [0.05, 0.1) is 17.9 Å². The SMILES string of the molecule is C=C[C@]1(C)C[C@@H](OC(=O)CSc2cccc(CNC(=O)[C@H](N)CCC(N)=O)c2)[C@]2(C)C(C)CC34CC(CCC3=O)(C42)[C@@H](C)[C@@H]1O. The molecule has 45 heavy (non-hydrogen) atoms. The van der Waals surface area contributed by atoms with Gasteiger partial charge in [-0.15, -0.1) is 18.3 Å². The quantitative estimate of drug-likeness (QED) is 0.161. The van der Waals surface area contributed by atoms with Gasteiger partial charge in [0.1, 0.15) is 11.9 Å². The molecule has 4 unspecified atom stereocenters. The fourth-order valence-corrected chi connectivity index (χ4v) is 10.6. The van der Waals surface area contributed by atoms with Crippen LogP contribution in [-0.2, 0) is 30.5 Å². The standard InChI is InChI=1S/C35H49N3O6S/c1-6-32(4)16-26(33(5)20(2)15-35-19-34(31(33)35,13-12-25(35)39)21(3)29(32)42)44-28(41)18-45-23-9-7-8-22(14-23)17-38-30(43)24(36)10-11-27(37)40/h6-9,14,20-21,24,26,29,31,42H,1,10-13,15-19,36H2,2-5H3,(H2,37,40)(H,38,43)/t20?,21-,24+,26+,29-,31?,32+,33-,34?,35?/m0/s1. The maximum Gasteiger partial charge on any atom is 0.316 e. The lowest BCUT2D eigenvalue weighted by atomic mass is 9.32. The van der Waals surface area contributed by atoms with Crippen molar-refractivity contribution < 1.29 is 29.0 Å². The lowest BCUT2D eigenvalue weighted by Gasteiger charge is -2.71. The van der Waals surface area contributed by atoms with E-state index in [9.17, 15) is 24.3 Å². The fourth-order valence-electron chi connectivity index (χ4n) is 9.85. The van der Waals surface area contributed by atoms with E-state index in [2.05, 4.69) is 32.7 Å².